The predicted molar refractivity (Wildman–Crippen MR) is 62.3 cm³/mol. The molecule has 3 nitrogen and oxygen atoms in total. The lowest BCUT2D eigenvalue weighted by Gasteiger charge is -2.32. The van der Waals surface area contributed by atoms with Crippen LogP contribution in [0.1, 0.15) is 24.5 Å². The first-order valence-corrected chi connectivity index (χ1v) is 5.76. The Morgan fingerprint density at radius 1 is 1.44 bits per heavy atom. The summed E-state index contributed by atoms with van der Waals surface area (Å²) in [5, 5.41) is 9.13. The van der Waals surface area contributed by atoms with Gasteiger partial charge in [0.05, 0.1) is 0 Å². The van der Waals surface area contributed by atoms with Gasteiger partial charge in [-0.3, -0.25) is 9.69 Å². The molecule has 1 atom stereocenters. The highest BCUT2D eigenvalue weighted by atomic mass is 16.4. The third-order valence-electron chi connectivity index (χ3n) is 3.27. The first kappa shape index (κ1) is 11.1. The Kier molecular flexibility index (Phi) is 3.25. The summed E-state index contributed by atoms with van der Waals surface area (Å²) in [6.45, 7) is 3.54. The lowest BCUT2D eigenvalue weighted by molar-refractivity contribution is -0.143. The van der Waals surface area contributed by atoms with Crippen molar-refractivity contribution in [3.63, 3.8) is 0 Å². The second-order valence-corrected chi connectivity index (χ2v) is 4.25. The minimum absolute atomic E-state index is 0.339. The third-order valence-corrected chi connectivity index (χ3v) is 3.27. The zero-order chi connectivity index (χ0) is 11.5. The Hall–Kier alpha value is -1.35. The molecule has 86 valence electrons. The van der Waals surface area contributed by atoms with Crippen molar-refractivity contribution in [3.8, 4) is 0 Å². The Morgan fingerprint density at radius 2 is 2.12 bits per heavy atom. The summed E-state index contributed by atoms with van der Waals surface area (Å²) in [6, 6.07) is 7.95. The molecule has 0 saturated heterocycles. The van der Waals surface area contributed by atoms with Crippen molar-refractivity contribution in [1.82, 2.24) is 4.90 Å². The first-order valence-electron chi connectivity index (χ1n) is 5.76. The van der Waals surface area contributed by atoms with Gasteiger partial charge >= 0.3 is 5.97 Å². The summed E-state index contributed by atoms with van der Waals surface area (Å²) in [7, 11) is 0. The molecule has 3 heteroatoms. The molecule has 1 heterocycles. The Morgan fingerprint density at radius 3 is 2.75 bits per heavy atom. The Labute approximate surface area is 95.7 Å². The van der Waals surface area contributed by atoms with Crippen molar-refractivity contribution in [3.05, 3.63) is 35.4 Å². The number of rotatable bonds is 3. The monoisotopic (exact) mass is 219 g/mol. The Bertz CT molecular complexity index is 389. The van der Waals surface area contributed by atoms with Gasteiger partial charge in [0, 0.05) is 13.1 Å². The summed E-state index contributed by atoms with van der Waals surface area (Å²) in [5.41, 5.74) is 2.63. The Balaban J connectivity index is 2.15. The van der Waals surface area contributed by atoms with Crippen LogP contribution in [0, 0.1) is 0 Å². The summed E-state index contributed by atoms with van der Waals surface area (Å²) >= 11 is 0. The number of carboxylic acid groups (broad SMARTS) is 1. The van der Waals surface area contributed by atoms with E-state index in [4.69, 9.17) is 5.11 Å². The molecule has 1 unspecified atom stereocenters. The van der Waals surface area contributed by atoms with Crippen LogP contribution in [0.3, 0.4) is 0 Å². The van der Waals surface area contributed by atoms with Crippen molar-refractivity contribution in [2.24, 2.45) is 0 Å². The molecule has 0 fully saturated rings. The molecular formula is C13H17NO2. The van der Waals surface area contributed by atoms with Crippen LogP contribution >= 0.6 is 0 Å². The smallest absolute Gasteiger partial charge is 0.320 e. The van der Waals surface area contributed by atoms with Crippen molar-refractivity contribution >= 4 is 5.97 Å². The van der Waals surface area contributed by atoms with Crippen molar-refractivity contribution in [2.45, 2.75) is 32.4 Å². The van der Waals surface area contributed by atoms with Crippen LogP contribution < -0.4 is 0 Å². The molecule has 0 radical (unpaired) electrons. The summed E-state index contributed by atoms with van der Waals surface area (Å²) in [6.07, 6.45) is 1.62. The van der Waals surface area contributed by atoms with E-state index in [9.17, 15) is 4.79 Å². The van der Waals surface area contributed by atoms with E-state index >= 15 is 0 Å². The standard InChI is InChI=1S/C13H17NO2/c1-2-12(13(15)16)14-8-7-10-5-3-4-6-11(10)9-14/h3-6,12H,2,7-9H2,1H3,(H,15,16). The van der Waals surface area contributed by atoms with E-state index in [0.717, 1.165) is 19.5 Å². The van der Waals surface area contributed by atoms with E-state index in [1.165, 1.54) is 11.1 Å². The maximum atomic E-state index is 11.1. The van der Waals surface area contributed by atoms with E-state index < -0.39 is 5.97 Å². The van der Waals surface area contributed by atoms with Crippen LogP contribution in [0.15, 0.2) is 24.3 Å². The lowest BCUT2D eigenvalue weighted by Crippen LogP contribution is -2.43. The molecule has 1 N–H and O–H groups in total. The van der Waals surface area contributed by atoms with E-state index in [2.05, 4.69) is 17.0 Å². The highest BCUT2D eigenvalue weighted by Gasteiger charge is 2.26. The fourth-order valence-electron chi connectivity index (χ4n) is 2.37. The van der Waals surface area contributed by atoms with Gasteiger partial charge in [0.25, 0.3) is 0 Å². The van der Waals surface area contributed by atoms with Gasteiger partial charge < -0.3 is 5.11 Å². The van der Waals surface area contributed by atoms with Gasteiger partial charge in [-0.2, -0.15) is 0 Å². The zero-order valence-electron chi connectivity index (χ0n) is 9.52. The molecule has 1 aliphatic rings. The average Bonchev–Trinajstić information content (AvgIpc) is 2.29. The molecule has 0 aliphatic carbocycles. The fourth-order valence-corrected chi connectivity index (χ4v) is 2.37. The predicted octanol–water partition coefficient (Wildman–Crippen LogP) is 1.91. The average molecular weight is 219 g/mol. The van der Waals surface area contributed by atoms with E-state index in [1.807, 2.05) is 19.1 Å². The maximum Gasteiger partial charge on any atom is 0.320 e. The van der Waals surface area contributed by atoms with Crippen LogP contribution in [0.5, 0.6) is 0 Å². The normalized spacial score (nSPS) is 17.8. The maximum absolute atomic E-state index is 11.1. The quantitative estimate of drug-likeness (QED) is 0.844. The zero-order valence-corrected chi connectivity index (χ0v) is 9.52. The highest BCUT2D eigenvalue weighted by Crippen LogP contribution is 2.21. The number of fused-ring (bicyclic) bond motifs is 1. The second-order valence-electron chi connectivity index (χ2n) is 4.25. The molecule has 16 heavy (non-hydrogen) atoms. The number of aliphatic carboxylic acids is 1. The highest BCUT2D eigenvalue weighted by molar-refractivity contribution is 5.73. The molecule has 0 bridgehead atoms. The summed E-state index contributed by atoms with van der Waals surface area (Å²) in [5.74, 6) is -0.707. The van der Waals surface area contributed by atoms with Gasteiger partial charge in [0.2, 0.25) is 0 Å². The van der Waals surface area contributed by atoms with E-state index in [-0.39, 0.29) is 6.04 Å². The van der Waals surface area contributed by atoms with Crippen LogP contribution in [-0.2, 0) is 17.8 Å². The molecule has 1 aromatic rings. The number of carboxylic acids is 1. The number of nitrogens with zero attached hydrogens (tertiary/aromatic N) is 1. The molecule has 0 aromatic heterocycles. The number of hydrogen-bond donors (Lipinski definition) is 1. The van der Waals surface area contributed by atoms with Crippen LogP contribution in [0.25, 0.3) is 0 Å². The minimum atomic E-state index is -0.707. The van der Waals surface area contributed by atoms with Gasteiger partial charge in [-0.05, 0) is 24.0 Å². The molecule has 0 saturated carbocycles. The second kappa shape index (κ2) is 4.66. The molecule has 1 aliphatic heterocycles. The van der Waals surface area contributed by atoms with Crippen molar-refractivity contribution in [2.75, 3.05) is 6.54 Å². The van der Waals surface area contributed by atoms with Gasteiger partial charge in [0.1, 0.15) is 6.04 Å². The van der Waals surface area contributed by atoms with E-state index in [0.29, 0.717) is 6.42 Å². The van der Waals surface area contributed by atoms with Gasteiger partial charge in [-0.15, -0.1) is 0 Å². The summed E-state index contributed by atoms with van der Waals surface area (Å²) < 4.78 is 0. The van der Waals surface area contributed by atoms with Gasteiger partial charge in [-0.25, -0.2) is 0 Å². The van der Waals surface area contributed by atoms with Crippen LogP contribution in [-0.4, -0.2) is 28.6 Å². The van der Waals surface area contributed by atoms with Crippen molar-refractivity contribution < 1.29 is 9.90 Å². The van der Waals surface area contributed by atoms with Gasteiger partial charge in [-0.1, -0.05) is 31.2 Å². The fraction of sp³-hybridized carbons (Fsp3) is 0.462. The number of carbonyl (C=O) groups is 1. The third kappa shape index (κ3) is 2.09. The van der Waals surface area contributed by atoms with E-state index in [1.54, 1.807) is 0 Å². The lowest BCUT2D eigenvalue weighted by atomic mass is 9.98. The molecule has 2 rings (SSSR count). The van der Waals surface area contributed by atoms with Crippen LogP contribution in [0.4, 0.5) is 0 Å². The van der Waals surface area contributed by atoms with Gasteiger partial charge in [0.15, 0.2) is 0 Å². The number of benzene rings is 1. The SMILES string of the molecule is CCC(C(=O)O)N1CCc2ccccc2C1. The molecule has 0 spiro atoms. The van der Waals surface area contributed by atoms with Crippen molar-refractivity contribution in [1.29, 1.82) is 0 Å². The van der Waals surface area contributed by atoms with Crippen LogP contribution in [0.2, 0.25) is 0 Å². The minimum Gasteiger partial charge on any atom is -0.480 e. The molecule has 0 amide bonds. The molecular weight excluding hydrogens is 202 g/mol. The first-order chi connectivity index (χ1) is 7.72. The summed E-state index contributed by atoms with van der Waals surface area (Å²) in [4.78, 5) is 13.2. The molecule has 1 aromatic carbocycles. The largest absolute Gasteiger partial charge is 0.480 e. The topological polar surface area (TPSA) is 40.5 Å². The number of hydrogen-bond acceptors (Lipinski definition) is 2.